The molecule has 3 rings (SSSR count). The maximum absolute atomic E-state index is 12.3. The second-order valence-electron chi connectivity index (χ2n) is 6.80. The summed E-state index contributed by atoms with van der Waals surface area (Å²) in [6.45, 7) is 2.20. The molecule has 2 aromatic rings. The van der Waals surface area contributed by atoms with E-state index in [0.717, 1.165) is 31.5 Å². The van der Waals surface area contributed by atoms with Crippen LogP contribution < -0.4 is 10.6 Å². The largest absolute Gasteiger partial charge is 0.347 e. The van der Waals surface area contributed by atoms with Crippen LogP contribution in [0.3, 0.4) is 0 Å². The number of nitrogens with zero attached hydrogens (tertiary/aromatic N) is 3. The first-order valence-electron chi connectivity index (χ1n) is 8.93. The van der Waals surface area contributed by atoms with Gasteiger partial charge in [0.25, 0.3) is 5.91 Å². The lowest BCUT2D eigenvalue weighted by molar-refractivity contribution is 0.0944. The van der Waals surface area contributed by atoms with Crippen LogP contribution in [0.5, 0.6) is 0 Å². The summed E-state index contributed by atoms with van der Waals surface area (Å²) in [7, 11) is -0.464. The highest BCUT2D eigenvalue weighted by atomic mass is 32.2. The van der Waals surface area contributed by atoms with Crippen molar-refractivity contribution < 1.29 is 13.2 Å². The molecule has 146 valence electrons. The zero-order valence-corrected chi connectivity index (χ0v) is 16.4. The molecule has 0 radical (unpaired) electrons. The van der Waals surface area contributed by atoms with Gasteiger partial charge >= 0.3 is 0 Å². The maximum atomic E-state index is 12.3. The molecule has 1 amide bonds. The average Bonchev–Trinajstić information content (AvgIpc) is 3.17. The Morgan fingerprint density at radius 1 is 1.30 bits per heavy atom. The van der Waals surface area contributed by atoms with E-state index in [1.807, 2.05) is 10.9 Å². The summed E-state index contributed by atoms with van der Waals surface area (Å²) < 4.78 is 27.2. The fourth-order valence-electron chi connectivity index (χ4n) is 2.98. The summed E-state index contributed by atoms with van der Waals surface area (Å²) in [4.78, 5) is 12.5. The third kappa shape index (κ3) is 4.55. The molecule has 0 saturated carbocycles. The number of hydrogen-bond acceptors (Lipinski definition) is 5. The van der Waals surface area contributed by atoms with Gasteiger partial charge in [0.05, 0.1) is 10.9 Å². The molecule has 1 atom stereocenters. The Bertz CT molecular complexity index is 884. The first-order valence-corrected chi connectivity index (χ1v) is 10.4. The number of rotatable bonds is 6. The van der Waals surface area contributed by atoms with Crippen LogP contribution in [0.1, 0.15) is 34.9 Å². The molecule has 0 aliphatic carbocycles. The number of sulfonamides is 1. The van der Waals surface area contributed by atoms with E-state index in [4.69, 9.17) is 0 Å². The molecule has 0 spiro atoms. The van der Waals surface area contributed by atoms with Crippen LogP contribution in [-0.2, 0) is 16.6 Å². The highest BCUT2D eigenvalue weighted by Crippen LogP contribution is 2.16. The Morgan fingerprint density at radius 3 is 2.67 bits per heavy atom. The number of nitrogens with one attached hydrogen (secondary N) is 2. The highest BCUT2D eigenvalue weighted by Gasteiger charge is 2.18. The zero-order chi connectivity index (χ0) is 19.4. The van der Waals surface area contributed by atoms with Crippen LogP contribution in [0, 0.1) is 0 Å². The number of hydrogen-bond donors (Lipinski definition) is 2. The van der Waals surface area contributed by atoms with Gasteiger partial charge < -0.3 is 10.6 Å². The minimum Gasteiger partial charge on any atom is -0.347 e. The Hall–Kier alpha value is -2.23. The van der Waals surface area contributed by atoms with E-state index in [1.165, 1.54) is 18.4 Å². The van der Waals surface area contributed by atoms with Crippen LogP contribution in [0.25, 0.3) is 0 Å². The molecule has 1 aromatic heterocycles. The number of benzene rings is 1. The fourth-order valence-corrected chi connectivity index (χ4v) is 3.89. The average molecular weight is 391 g/mol. The Balaban J connectivity index is 1.58. The number of carbonyl (C=O) groups is 1. The van der Waals surface area contributed by atoms with Gasteiger partial charge in [-0.1, -0.05) is 12.1 Å². The van der Waals surface area contributed by atoms with Crippen LogP contribution in [0.4, 0.5) is 0 Å². The molecule has 1 fully saturated rings. The van der Waals surface area contributed by atoms with Gasteiger partial charge in [-0.25, -0.2) is 12.7 Å². The van der Waals surface area contributed by atoms with Crippen molar-refractivity contribution in [3.05, 3.63) is 47.8 Å². The molecule has 1 saturated heterocycles. The summed E-state index contributed by atoms with van der Waals surface area (Å²) in [5, 5.41) is 10.5. The van der Waals surface area contributed by atoms with Crippen LogP contribution in [-0.4, -0.2) is 55.6 Å². The van der Waals surface area contributed by atoms with Gasteiger partial charge in [-0.05, 0) is 43.1 Å². The maximum Gasteiger partial charge on any atom is 0.272 e. The quantitative estimate of drug-likeness (QED) is 0.765. The topological polar surface area (TPSA) is 96.3 Å². The number of carbonyl (C=O) groups excluding carboxylic acids is 1. The van der Waals surface area contributed by atoms with Crippen LogP contribution in [0.15, 0.2) is 41.4 Å². The number of amides is 1. The molecule has 27 heavy (non-hydrogen) atoms. The van der Waals surface area contributed by atoms with Crippen molar-refractivity contribution >= 4 is 15.9 Å². The van der Waals surface area contributed by atoms with E-state index < -0.39 is 10.0 Å². The lowest BCUT2D eigenvalue weighted by Gasteiger charge is -2.22. The Labute approximate surface area is 159 Å². The third-order valence-electron chi connectivity index (χ3n) is 4.64. The van der Waals surface area contributed by atoms with E-state index in [1.54, 1.807) is 30.3 Å². The van der Waals surface area contributed by atoms with E-state index in [2.05, 4.69) is 15.7 Å². The molecule has 1 aromatic carbocycles. The normalized spacial score (nSPS) is 17.8. The van der Waals surface area contributed by atoms with Crippen molar-refractivity contribution in [1.82, 2.24) is 24.7 Å². The minimum absolute atomic E-state index is 0.224. The van der Waals surface area contributed by atoms with E-state index >= 15 is 0 Å². The molecule has 1 aliphatic heterocycles. The van der Waals surface area contributed by atoms with Gasteiger partial charge in [-0.3, -0.25) is 9.48 Å². The van der Waals surface area contributed by atoms with Gasteiger partial charge in [0.1, 0.15) is 5.69 Å². The van der Waals surface area contributed by atoms with Gasteiger partial charge in [-0.2, -0.15) is 5.10 Å². The summed E-state index contributed by atoms with van der Waals surface area (Å²) in [5.41, 5.74) is 1.20. The van der Waals surface area contributed by atoms with Gasteiger partial charge in [0, 0.05) is 33.4 Å². The van der Waals surface area contributed by atoms with E-state index in [-0.39, 0.29) is 16.8 Å². The van der Waals surface area contributed by atoms with Crippen molar-refractivity contribution in [2.75, 3.05) is 27.2 Å². The molecule has 0 bridgehead atoms. The first kappa shape index (κ1) is 19.5. The van der Waals surface area contributed by atoms with Gasteiger partial charge in [0.2, 0.25) is 10.0 Å². The molecule has 2 N–H and O–H groups in total. The molecular weight excluding hydrogens is 366 g/mol. The Morgan fingerprint density at radius 2 is 2.04 bits per heavy atom. The zero-order valence-electron chi connectivity index (χ0n) is 15.6. The van der Waals surface area contributed by atoms with Gasteiger partial charge in [0.15, 0.2) is 0 Å². The second kappa shape index (κ2) is 8.20. The summed E-state index contributed by atoms with van der Waals surface area (Å²) >= 11 is 0. The predicted octanol–water partition coefficient (Wildman–Crippen LogP) is 0.988. The van der Waals surface area contributed by atoms with Crippen molar-refractivity contribution in [2.45, 2.75) is 30.3 Å². The third-order valence-corrected chi connectivity index (χ3v) is 6.47. The molecule has 9 heteroatoms. The monoisotopic (exact) mass is 391 g/mol. The van der Waals surface area contributed by atoms with Crippen molar-refractivity contribution in [2.24, 2.45) is 0 Å². The lowest BCUT2D eigenvalue weighted by Crippen LogP contribution is -2.32. The summed E-state index contributed by atoms with van der Waals surface area (Å²) in [6, 6.07) is 8.48. The summed E-state index contributed by atoms with van der Waals surface area (Å²) in [5.74, 6) is -0.248. The number of aromatic nitrogens is 2. The SMILES string of the molecule is CN(C)S(=O)(=O)c1ccc(CNC(=O)c2ccn(C3CCCNC3)n2)cc1. The molecular formula is C18H25N5O3S. The fraction of sp³-hybridized carbons (Fsp3) is 0.444. The molecule has 2 heterocycles. The van der Waals surface area contributed by atoms with E-state index in [9.17, 15) is 13.2 Å². The Kier molecular flexibility index (Phi) is 5.93. The lowest BCUT2D eigenvalue weighted by atomic mass is 10.1. The molecule has 1 aliphatic rings. The van der Waals surface area contributed by atoms with Crippen molar-refractivity contribution in [3.8, 4) is 0 Å². The first-order chi connectivity index (χ1) is 12.9. The minimum atomic E-state index is -3.45. The second-order valence-corrected chi connectivity index (χ2v) is 8.95. The standard InChI is InChI=1S/C18H25N5O3S/c1-22(2)27(25,26)16-7-5-14(6-8-16)12-20-18(24)17-9-11-23(21-17)15-4-3-10-19-13-15/h5-9,11,15,19H,3-4,10,12-13H2,1-2H3,(H,20,24). The van der Waals surface area contributed by atoms with E-state index in [0.29, 0.717) is 12.2 Å². The summed E-state index contributed by atoms with van der Waals surface area (Å²) in [6.07, 6.45) is 4.00. The number of piperidine rings is 1. The highest BCUT2D eigenvalue weighted by molar-refractivity contribution is 7.89. The van der Waals surface area contributed by atoms with Crippen molar-refractivity contribution in [3.63, 3.8) is 0 Å². The van der Waals surface area contributed by atoms with Crippen LogP contribution >= 0.6 is 0 Å². The van der Waals surface area contributed by atoms with Gasteiger partial charge in [-0.15, -0.1) is 0 Å². The molecule has 8 nitrogen and oxygen atoms in total. The smallest absolute Gasteiger partial charge is 0.272 e. The predicted molar refractivity (Wildman–Crippen MR) is 102 cm³/mol. The molecule has 1 unspecified atom stereocenters. The van der Waals surface area contributed by atoms with Crippen molar-refractivity contribution in [1.29, 1.82) is 0 Å². The van der Waals surface area contributed by atoms with Crippen LogP contribution in [0.2, 0.25) is 0 Å².